The minimum Gasteiger partial charge on any atom is -0.493 e. The Morgan fingerprint density at radius 3 is 2.58 bits per heavy atom. The normalized spacial score (nSPS) is 10.2. The summed E-state index contributed by atoms with van der Waals surface area (Å²) in [6, 6.07) is 8.54. The number of aromatic nitrogens is 3. The molecule has 184 valence electrons. The number of hydrogen-bond acceptors (Lipinski definition) is 8. The molecule has 0 aliphatic heterocycles. The van der Waals surface area contributed by atoms with E-state index in [4.69, 9.17) is 26.0 Å². The Labute approximate surface area is 211 Å². The van der Waals surface area contributed by atoms with Crippen molar-refractivity contribution in [2.45, 2.75) is 6.42 Å². The maximum absolute atomic E-state index is 12.4. The second-order valence-corrected chi connectivity index (χ2v) is 7.54. The zero-order valence-corrected chi connectivity index (χ0v) is 20.1. The number of carbonyl (C=O) groups is 1. The Kier molecular flexibility index (Phi) is 7.67. The fourth-order valence-electron chi connectivity index (χ4n) is 3.61. The van der Waals surface area contributed by atoms with Crippen molar-refractivity contribution in [1.82, 2.24) is 15.0 Å². The van der Waals surface area contributed by atoms with Crippen molar-refractivity contribution in [1.29, 1.82) is 0 Å². The molecule has 0 saturated carbocycles. The second-order valence-electron chi connectivity index (χ2n) is 7.54. The van der Waals surface area contributed by atoms with Gasteiger partial charge in [-0.05, 0) is 35.9 Å². The zero-order chi connectivity index (χ0) is 25.1. The lowest BCUT2D eigenvalue weighted by Crippen LogP contribution is -2.15. The molecule has 0 unspecified atom stereocenters. The topological polar surface area (TPSA) is 166 Å². The van der Waals surface area contributed by atoms with E-state index in [-0.39, 0.29) is 35.1 Å². The van der Waals surface area contributed by atoms with Gasteiger partial charge in [0.25, 0.3) is 0 Å². The number of halogens is 1. The van der Waals surface area contributed by atoms with Crippen LogP contribution in [0.15, 0.2) is 47.5 Å². The molecule has 4 aromatic rings. The molecule has 2 heterocycles. The molecule has 0 aliphatic carbocycles. The first-order chi connectivity index (χ1) is 16.8. The minimum atomic E-state index is -1.29. The van der Waals surface area contributed by atoms with Crippen LogP contribution in [-0.4, -0.2) is 40.2 Å². The number of ether oxygens (including phenoxy) is 2. The molecule has 0 fully saturated rings. The highest BCUT2D eigenvalue weighted by molar-refractivity contribution is 5.92. The van der Waals surface area contributed by atoms with Gasteiger partial charge in [-0.25, -0.2) is 9.78 Å². The van der Waals surface area contributed by atoms with Crippen LogP contribution in [0.2, 0.25) is 0 Å². The van der Waals surface area contributed by atoms with Gasteiger partial charge in [0.2, 0.25) is 11.4 Å². The third-order valence-corrected chi connectivity index (χ3v) is 5.30. The molecular weight excluding hydrogens is 486 g/mol. The average Bonchev–Trinajstić information content (AvgIpc) is 2.84. The molecule has 0 saturated heterocycles. The Morgan fingerprint density at radius 2 is 1.92 bits per heavy atom. The number of methoxy groups -OCH3 is 2. The predicted octanol–water partition coefficient (Wildman–Crippen LogP) is 2.61. The largest absolute Gasteiger partial charge is 0.493 e. The molecule has 0 aliphatic rings. The number of benzene rings is 2. The van der Waals surface area contributed by atoms with Gasteiger partial charge in [0.05, 0.1) is 25.3 Å². The number of carboxylic acid groups (broad SMARTS) is 1. The highest BCUT2D eigenvalue weighted by atomic mass is 35.5. The first-order valence-electron chi connectivity index (χ1n) is 10.3. The molecular formula is C25H22ClN5O5. The lowest BCUT2D eigenvalue weighted by Gasteiger charge is -2.13. The molecule has 36 heavy (non-hydrogen) atoms. The summed E-state index contributed by atoms with van der Waals surface area (Å²) in [5.41, 5.74) is 13.9. The van der Waals surface area contributed by atoms with Gasteiger partial charge in [-0.15, -0.1) is 12.4 Å². The lowest BCUT2D eigenvalue weighted by atomic mass is 10.0. The monoisotopic (exact) mass is 507 g/mol. The van der Waals surface area contributed by atoms with E-state index in [1.54, 1.807) is 24.4 Å². The first-order valence-corrected chi connectivity index (χ1v) is 10.3. The first kappa shape index (κ1) is 25.9. The molecule has 11 heteroatoms. The van der Waals surface area contributed by atoms with Crippen molar-refractivity contribution in [2.75, 3.05) is 25.7 Å². The summed E-state index contributed by atoms with van der Waals surface area (Å²) < 4.78 is 11.0. The number of hydrogen-bond donors (Lipinski definition) is 4. The number of fused-ring (bicyclic) bond motifs is 1. The van der Waals surface area contributed by atoms with Gasteiger partial charge in [0, 0.05) is 35.3 Å². The van der Waals surface area contributed by atoms with E-state index in [0.29, 0.717) is 40.1 Å². The Morgan fingerprint density at radius 1 is 1.14 bits per heavy atom. The number of nitrogens with zero attached hydrogens (tertiary/aromatic N) is 2. The van der Waals surface area contributed by atoms with Crippen LogP contribution < -0.4 is 26.4 Å². The van der Waals surface area contributed by atoms with Crippen molar-refractivity contribution in [3.05, 3.63) is 80.8 Å². The Balaban J connectivity index is 0.00000361. The quantitative estimate of drug-likeness (QED) is 0.297. The van der Waals surface area contributed by atoms with Gasteiger partial charge < -0.3 is 31.0 Å². The van der Waals surface area contributed by atoms with Crippen LogP contribution in [0.25, 0.3) is 10.9 Å². The maximum atomic E-state index is 12.4. The smallest absolute Gasteiger partial charge is 0.341 e. The molecule has 6 N–H and O–H groups in total. The summed E-state index contributed by atoms with van der Waals surface area (Å²) in [5.74, 6) is 6.20. The number of aromatic carboxylic acids is 1. The SMILES string of the molecule is COc1cc(Cc2cnc(N)nc2N)cc(C#Cc2ccc3c(=O)c(C(=O)O)c[nH]c3c2)c1OC.Cl. The van der Waals surface area contributed by atoms with E-state index in [9.17, 15) is 9.59 Å². The van der Waals surface area contributed by atoms with Crippen molar-refractivity contribution in [3.8, 4) is 23.3 Å². The van der Waals surface area contributed by atoms with Crippen LogP contribution in [0.1, 0.15) is 32.6 Å². The number of nitrogens with two attached hydrogens (primary N) is 2. The third kappa shape index (κ3) is 5.16. The van der Waals surface area contributed by atoms with Gasteiger partial charge >= 0.3 is 5.97 Å². The van der Waals surface area contributed by atoms with Crippen LogP contribution in [0.3, 0.4) is 0 Å². The number of nitrogen functional groups attached to an aromatic ring is 2. The number of aromatic amines is 1. The standard InChI is InChI=1S/C25H21N5O5.ClH/c1-34-20-10-14(8-16-11-29-25(27)30-23(16)26)7-15(22(20)35-2)5-3-13-4-6-17-19(9-13)28-12-18(21(17)31)24(32)33;/h4,6-7,9-12H,8H2,1-2H3,(H,28,31)(H,32,33)(H4,26,27,29,30);1H. The number of rotatable bonds is 5. The van der Waals surface area contributed by atoms with Crippen LogP contribution in [0, 0.1) is 11.8 Å². The van der Waals surface area contributed by atoms with Crippen LogP contribution in [0.5, 0.6) is 11.5 Å². The van der Waals surface area contributed by atoms with Gasteiger partial charge in [0.15, 0.2) is 11.5 Å². The number of pyridine rings is 1. The summed E-state index contributed by atoms with van der Waals surface area (Å²) in [6.07, 6.45) is 3.17. The fraction of sp³-hybridized carbons (Fsp3) is 0.120. The van der Waals surface area contributed by atoms with E-state index in [2.05, 4.69) is 26.8 Å². The van der Waals surface area contributed by atoms with Gasteiger partial charge in [-0.3, -0.25) is 4.79 Å². The average molecular weight is 508 g/mol. The van der Waals surface area contributed by atoms with E-state index in [1.807, 2.05) is 12.1 Å². The zero-order valence-electron chi connectivity index (χ0n) is 19.3. The summed E-state index contributed by atoms with van der Waals surface area (Å²) in [7, 11) is 3.06. The summed E-state index contributed by atoms with van der Waals surface area (Å²) in [5, 5.41) is 9.40. The molecule has 0 amide bonds. The predicted molar refractivity (Wildman–Crippen MR) is 138 cm³/mol. The molecule has 0 radical (unpaired) electrons. The Hall–Kier alpha value is -4.75. The molecule has 4 rings (SSSR count). The number of H-pyrrole nitrogens is 1. The molecule has 0 spiro atoms. The summed E-state index contributed by atoms with van der Waals surface area (Å²) >= 11 is 0. The maximum Gasteiger partial charge on any atom is 0.341 e. The minimum absolute atomic E-state index is 0. The van der Waals surface area contributed by atoms with E-state index >= 15 is 0 Å². The highest BCUT2D eigenvalue weighted by Gasteiger charge is 2.14. The number of carboxylic acids is 1. The van der Waals surface area contributed by atoms with Gasteiger partial charge in [-0.2, -0.15) is 4.98 Å². The van der Waals surface area contributed by atoms with Crippen molar-refractivity contribution in [2.24, 2.45) is 0 Å². The van der Waals surface area contributed by atoms with Gasteiger partial charge in [-0.1, -0.05) is 11.8 Å². The fourth-order valence-corrected chi connectivity index (χ4v) is 3.61. The molecule has 10 nitrogen and oxygen atoms in total. The molecule has 2 aromatic carbocycles. The van der Waals surface area contributed by atoms with Crippen LogP contribution in [-0.2, 0) is 6.42 Å². The van der Waals surface area contributed by atoms with E-state index < -0.39 is 11.4 Å². The van der Waals surface area contributed by atoms with E-state index in [1.165, 1.54) is 20.4 Å². The lowest BCUT2D eigenvalue weighted by molar-refractivity contribution is 0.0695. The number of anilines is 2. The molecule has 0 atom stereocenters. The van der Waals surface area contributed by atoms with Crippen molar-refractivity contribution in [3.63, 3.8) is 0 Å². The number of nitrogens with one attached hydrogen (secondary N) is 1. The highest BCUT2D eigenvalue weighted by Crippen LogP contribution is 2.33. The Bertz CT molecular complexity index is 1590. The molecule has 2 aromatic heterocycles. The van der Waals surface area contributed by atoms with Crippen molar-refractivity contribution >= 4 is 41.0 Å². The second kappa shape index (κ2) is 10.7. The summed E-state index contributed by atoms with van der Waals surface area (Å²) in [6.45, 7) is 0. The third-order valence-electron chi connectivity index (χ3n) is 5.30. The van der Waals surface area contributed by atoms with E-state index in [0.717, 1.165) is 5.56 Å². The van der Waals surface area contributed by atoms with Gasteiger partial charge in [0.1, 0.15) is 11.4 Å². The molecule has 0 bridgehead atoms. The van der Waals surface area contributed by atoms with Crippen molar-refractivity contribution < 1.29 is 19.4 Å². The van der Waals surface area contributed by atoms with Crippen LogP contribution in [0.4, 0.5) is 11.8 Å². The van der Waals surface area contributed by atoms with Crippen LogP contribution >= 0.6 is 12.4 Å². The summed E-state index contributed by atoms with van der Waals surface area (Å²) in [4.78, 5) is 34.4.